The van der Waals surface area contributed by atoms with Crippen molar-refractivity contribution in [1.29, 1.82) is 0 Å². The van der Waals surface area contributed by atoms with Crippen molar-refractivity contribution in [3.05, 3.63) is 83.2 Å². The number of allylic oxidation sites excluding steroid dienone is 4. The van der Waals surface area contributed by atoms with Gasteiger partial charge in [-0.1, -0.05) is 24.3 Å². The predicted molar refractivity (Wildman–Crippen MR) is 179 cm³/mol. The minimum absolute atomic E-state index is 0.134. The van der Waals surface area contributed by atoms with Gasteiger partial charge in [0.05, 0.1) is 62.0 Å². The van der Waals surface area contributed by atoms with Crippen molar-refractivity contribution in [2.24, 2.45) is 4.99 Å². The van der Waals surface area contributed by atoms with Crippen LogP contribution in [0, 0.1) is 0 Å². The Morgan fingerprint density at radius 2 is 1.43 bits per heavy atom. The van der Waals surface area contributed by atoms with Crippen LogP contribution >= 0.6 is 0 Å². The van der Waals surface area contributed by atoms with E-state index in [0.717, 1.165) is 11.1 Å². The first-order valence-corrected chi connectivity index (χ1v) is 15.7. The molecule has 4 aliphatic heterocycles. The maximum atomic E-state index is 13.6. The van der Waals surface area contributed by atoms with E-state index in [4.69, 9.17) is 18.9 Å². The summed E-state index contributed by atoms with van der Waals surface area (Å²) in [4.78, 5) is 36.7. The van der Waals surface area contributed by atoms with Crippen molar-refractivity contribution < 1.29 is 33.6 Å². The van der Waals surface area contributed by atoms with Crippen LogP contribution in [0.15, 0.2) is 77.1 Å². The average molecular weight is 641 g/mol. The van der Waals surface area contributed by atoms with Gasteiger partial charge in [-0.3, -0.25) is 14.6 Å². The monoisotopic (exact) mass is 640 g/mol. The molecule has 1 N–H and O–H groups in total. The highest BCUT2D eigenvalue weighted by Gasteiger charge is 2.41. The quantitative estimate of drug-likeness (QED) is 0.345. The number of rotatable bonds is 10. The summed E-state index contributed by atoms with van der Waals surface area (Å²) in [5, 5.41) is 11.2. The first-order valence-electron chi connectivity index (χ1n) is 15.7. The number of carbonyl (C=O) groups is 2. The van der Waals surface area contributed by atoms with Crippen LogP contribution in [0.3, 0.4) is 0 Å². The van der Waals surface area contributed by atoms with Gasteiger partial charge in [-0.25, -0.2) is 0 Å². The Kier molecular flexibility index (Phi) is 9.08. The van der Waals surface area contributed by atoms with Crippen molar-refractivity contribution in [1.82, 2.24) is 9.80 Å². The number of likely N-dealkylation sites (N-methyl/N-ethyl adjacent to an activating group) is 1. The summed E-state index contributed by atoms with van der Waals surface area (Å²) in [6.45, 7) is 4.47. The highest BCUT2D eigenvalue weighted by Crippen LogP contribution is 2.42. The van der Waals surface area contributed by atoms with Crippen molar-refractivity contribution in [2.75, 3.05) is 39.4 Å². The number of benzene rings is 2. The fourth-order valence-electron chi connectivity index (χ4n) is 6.43. The third-order valence-electron chi connectivity index (χ3n) is 8.78. The van der Waals surface area contributed by atoms with E-state index in [9.17, 15) is 14.7 Å². The molecule has 2 aromatic rings. The van der Waals surface area contributed by atoms with E-state index in [1.165, 1.54) is 14.2 Å². The zero-order valence-electron chi connectivity index (χ0n) is 27.3. The summed E-state index contributed by atoms with van der Waals surface area (Å²) < 4.78 is 23.4. The lowest BCUT2D eigenvalue weighted by Gasteiger charge is -2.31. The van der Waals surface area contributed by atoms with Crippen LogP contribution < -0.4 is 23.8 Å². The van der Waals surface area contributed by atoms with Gasteiger partial charge in [0.1, 0.15) is 6.23 Å². The Morgan fingerprint density at radius 3 is 2.09 bits per heavy atom. The van der Waals surface area contributed by atoms with Gasteiger partial charge < -0.3 is 38.8 Å². The number of nitrogens with zero attached hydrogens (tertiary/aromatic N) is 4. The second kappa shape index (κ2) is 13.4. The molecule has 246 valence electrons. The summed E-state index contributed by atoms with van der Waals surface area (Å²) in [7, 11) is 4.83. The number of carbonyl (C=O) groups excluding carboxylic acids is 2. The third-order valence-corrected chi connectivity index (χ3v) is 8.78. The minimum atomic E-state index is -0.909. The number of amides is 2. The smallest absolute Gasteiger partial charge is 0.260 e. The Hall–Kier alpha value is -5.03. The zero-order chi connectivity index (χ0) is 33.2. The standard InChI is InChI=1S/C36H40N4O7/c1-6-9-22-13-24-19-37-27-17-32(30(44-4)15-25(27)34(41)39(24)20-22)46-11-8-12-47-33-18-28-26(16-31(33)45-5)35(42)40-21-23(10-7-2)14-29(40)36(43)38(28)3/h6-7,9-10,15-21,24,29,36,43H,8,11-14H2,1-5H3/b9-6+,10-7+/t24-,29-,36?/m0/s1. The molecule has 1 unspecified atom stereocenters. The lowest BCUT2D eigenvalue weighted by atomic mass is 10.1. The number of fused-ring (bicyclic) bond motifs is 4. The molecule has 47 heavy (non-hydrogen) atoms. The first kappa shape index (κ1) is 31.9. The largest absolute Gasteiger partial charge is 0.493 e. The summed E-state index contributed by atoms with van der Waals surface area (Å²) in [6.07, 6.45) is 14.2. The van der Waals surface area contributed by atoms with E-state index in [2.05, 4.69) is 4.99 Å². The highest BCUT2D eigenvalue weighted by atomic mass is 16.5. The number of hydrogen-bond acceptors (Lipinski definition) is 9. The van der Waals surface area contributed by atoms with Crippen LogP contribution in [-0.2, 0) is 0 Å². The molecule has 3 atom stereocenters. The number of methoxy groups -OCH3 is 2. The number of aliphatic hydroxyl groups is 1. The van der Waals surface area contributed by atoms with Crippen molar-refractivity contribution >= 4 is 29.4 Å². The van der Waals surface area contributed by atoms with Crippen molar-refractivity contribution in [3.63, 3.8) is 0 Å². The third kappa shape index (κ3) is 5.98. The normalized spacial score (nSPS) is 21.7. The number of aliphatic hydroxyl groups excluding tert-OH is 1. The SMILES string of the molecule is C/C=C/C1=CN2C(=O)c3cc(OC)c(OCCCOc4cc5c(cc4OC)C(=O)N4C=C(/C=C/C)C[C@H]4C(O)N5C)cc3N=C[C@@H]2C1. The van der Waals surface area contributed by atoms with Crippen molar-refractivity contribution in [2.45, 2.75) is 51.4 Å². The second-order valence-corrected chi connectivity index (χ2v) is 11.8. The maximum Gasteiger partial charge on any atom is 0.260 e. The summed E-state index contributed by atoms with van der Waals surface area (Å²) in [6, 6.07) is 6.28. The molecule has 0 aliphatic carbocycles. The topological polar surface area (TPSA) is 113 Å². The average Bonchev–Trinajstić information content (AvgIpc) is 3.65. The van der Waals surface area contributed by atoms with E-state index in [-0.39, 0.29) is 17.9 Å². The number of hydrogen-bond donors (Lipinski definition) is 1. The van der Waals surface area contributed by atoms with E-state index < -0.39 is 12.3 Å². The van der Waals surface area contributed by atoms with Crippen LogP contribution in [0.1, 0.15) is 53.8 Å². The molecule has 0 bridgehead atoms. The molecule has 0 saturated heterocycles. The minimum Gasteiger partial charge on any atom is -0.493 e. The first-order chi connectivity index (χ1) is 22.8. The van der Waals surface area contributed by atoms with E-state index >= 15 is 0 Å². The maximum absolute atomic E-state index is 13.6. The van der Waals surface area contributed by atoms with Crippen molar-refractivity contribution in [3.8, 4) is 23.0 Å². The molecule has 4 heterocycles. The van der Waals surface area contributed by atoms with Crippen LogP contribution in [0.25, 0.3) is 0 Å². The molecule has 6 rings (SSSR count). The Labute approximate surface area is 274 Å². The predicted octanol–water partition coefficient (Wildman–Crippen LogP) is 5.38. The fraction of sp³-hybridized carbons (Fsp3) is 0.361. The second-order valence-electron chi connectivity index (χ2n) is 11.8. The molecule has 0 fully saturated rings. The Morgan fingerprint density at radius 1 is 0.830 bits per heavy atom. The molecule has 4 aliphatic rings. The van der Waals surface area contributed by atoms with Gasteiger partial charge in [-0.2, -0.15) is 0 Å². The van der Waals surface area contributed by atoms with Crippen LogP contribution in [0.5, 0.6) is 23.0 Å². The van der Waals surface area contributed by atoms with Gasteiger partial charge in [0.25, 0.3) is 11.8 Å². The van der Waals surface area contributed by atoms with E-state index in [1.54, 1.807) is 58.4 Å². The van der Waals surface area contributed by atoms with Gasteiger partial charge in [0.2, 0.25) is 0 Å². The summed E-state index contributed by atoms with van der Waals surface area (Å²) in [5.74, 6) is 1.45. The van der Waals surface area contributed by atoms with Crippen LogP contribution in [-0.4, -0.2) is 85.7 Å². The Bertz CT molecular complexity index is 1730. The molecule has 2 amide bonds. The fourth-order valence-corrected chi connectivity index (χ4v) is 6.43. The van der Waals surface area contributed by atoms with Crippen LogP contribution in [0.4, 0.5) is 11.4 Å². The molecule has 0 radical (unpaired) electrons. The summed E-state index contributed by atoms with van der Waals surface area (Å²) in [5.41, 5.74) is 4.02. The molecule has 11 nitrogen and oxygen atoms in total. The number of ether oxygens (including phenoxy) is 4. The van der Waals surface area contributed by atoms with E-state index in [1.807, 2.05) is 44.4 Å². The molecule has 11 heteroatoms. The molecule has 0 spiro atoms. The summed E-state index contributed by atoms with van der Waals surface area (Å²) >= 11 is 0. The number of anilines is 1. The van der Waals surface area contributed by atoms with Gasteiger partial charge in [-0.15, -0.1) is 0 Å². The lowest BCUT2D eigenvalue weighted by molar-refractivity contribution is 0.0591. The molecular formula is C36H40N4O7. The van der Waals surface area contributed by atoms with E-state index in [0.29, 0.717) is 78.0 Å². The van der Waals surface area contributed by atoms with Gasteiger partial charge in [0.15, 0.2) is 23.0 Å². The molecule has 2 aromatic carbocycles. The highest BCUT2D eigenvalue weighted by molar-refractivity contribution is 6.04. The Balaban J connectivity index is 1.13. The van der Waals surface area contributed by atoms with Crippen LogP contribution in [0.2, 0.25) is 0 Å². The van der Waals surface area contributed by atoms with Gasteiger partial charge in [0, 0.05) is 44.2 Å². The molecular weight excluding hydrogens is 600 g/mol. The van der Waals surface area contributed by atoms with Gasteiger partial charge >= 0.3 is 0 Å². The molecule has 0 aromatic heterocycles. The number of aliphatic imine (C=N–C) groups is 1. The lowest BCUT2D eigenvalue weighted by Crippen LogP contribution is -2.46. The van der Waals surface area contributed by atoms with Gasteiger partial charge in [-0.05, 0) is 50.0 Å². The molecule has 0 saturated carbocycles. The zero-order valence-corrected chi connectivity index (χ0v) is 27.3.